The average molecular weight is 388 g/mol. The molecule has 1 N–H and O–H groups in total. The van der Waals surface area contributed by atoms with Gasteiger partial charge in [-0.25, -0.2) is 9.97 Å². The summed E-state index contributed by atoms with van der Waals surface area (Å²) in [5, 5.41) is 3.76. The zero-order valence-corrected chi connectivity index (χ0v) is 16.0. The van der Waals surface area contributed by atoms with E-state index in [0.717, 1.165) is 35.5 Å². The van der Waals surface area contributed by atoms with E-state index in [0.29, 0.717) is 30.1 Å². The zero-order valence-electron chi connectivity index (χ0n) is 16.0. The highest BCUT2D eigenvalue weighted by molar-refractivity contribution is 6.20. The number of rotatable bonds is 3. The standard InChI is InChI=1S/C21H20N6O2/c1-14-15(5-4-7-22-14)25-21(28)17-16-6-2-3-8-27(16)20-18(17)19(23-13-24-20)26-9-11-29-12-10-26/h2-8,13H,9-12H2,1H3,(H,25,28). The van der Waals surface area contributed by atoms with Crippen molar-refractivity contribution in [2.75, 3.05) is 36.5 Å². The minimum absolute atomic E-state index is 0.205. The van der Waals surface area contributed by atoms with Crippen molar-refractivity contribution >= 4 is 34.0 Å². The van der Waals surface area contributed by atoms with Crippen LogP contribution in [0.3, 0.4) is 0 Å². The van der Waals surface area contributed by atoms with E-state index in [4.69, 9.17) is 4.74 Å². The number of aryl methyl sites for hydroxylation is 1. The van der Waals surface area contributed by atoms with Crippen LogP contribution < -0.4 is 10.2 Å². The Kier molecular flexibility index (Phi) is 4.33. The number of ether oxygens (including phenoxy) is 1. The summed E-state index contributed by atoms with van der Waals surface area (Å²) >= 11 is 0. The minimum Gasteiger partial charge on any atom is -0.378 e. The summed E-state index contributed by atoms with van der Waals surface area (Å²) in [4.78, 5) is 28.9. The van der Waals surface area contributed by atoms with Gasteiger partial charge in [0.05, 0.1) is 41.1 Å². The Balaban J connectivity index is 1.72. The SMILES string of the molecule is Cc1ncccc1NC(=O)c1c2c(N3CCOCC3)ncnc2n2ccccc12. The number of carbonyl (C=O) groups is 1. The number of morpholine rings is 1. The maximum absolute atomic E-state index is 13.4. The third-order valence-electron chi connectivity index (χ3n) is 5.19. The number of hydrogen-bond acceptors (Lipinski definition) is 6. The van der Waals surface area contributed by atoms with E-state index in [-0.39, 0.29) is 5.91 Å². The summed E-state index contributed by atoms with van der Waals surface area (Å²) in [6.07, 6.45) is 5.18. The number of nitrogens with zero attached hydrogens (tertiary/aromatic N) is 5. The molecule has 0 radical (unpaired) electrons. The first-order chi connectivity index (χ1) is 14.2. The highest BCUT2D eigenvalue weighted by atomic mass is 16.5. The molecule has 0 aliphatic carbocycles. The summed E-state index contributed by atoms with van der Waals surface area (Å²) in [7, 11) is 0. The number of aromatic nitrogens is 4. The fraction of sp³-hybridized carbons (Fsp3) is 0.238. The number of hydrogen-bond donors (Lipinski definition) is 1. The summed E-state index contributed by atoms with van der Waals surface area (Å²) in [5.41, 5.74) is 3.51. The van der Waals surface area contributed by atoms with Crippen molar-refractivity contribution in [3.05, 3.63) is 60.3 Å². The second-order valence-corrected chi connectivity index (χ2v) is 6.92. The van der Waals surface area contributed by atoms with Crippen molar-refractivity contribution in [2.24, 2.45) is 0 Å². The number of fused-ring (bicyclic) bond motifs is 3. The second kappa shape index (κ2) is 7.14. The molecule has 1 amide bonds. The van der Waals surface area contributed by atoms with Gasteiger partial charge in [-0.1, -0.05) is 6.07 Å². The molecule has 0 saturated carbocycles. The van der Waals surface area contributed by atoms with Crippen LogP contribution in [-0.2, 0) is 4.74 Å². The van der Waals surface area contributed by atoms with E-state index >= 15 is 0 Å². The maximum atomic E-state index is 13.4. The van der Waals surface area contributed by atoms with Gasteiger partial charge in [0, 0.05) is 25.5 Å². The molecule has 0 unspecified atom stereocenters. The minimum atomic E-state index is -0.205. The largest absolute Gasteiger partial charge is 0.378 e. The Bertz CT molecular complexity index is 1210. The number of carbonyl (C=O) groups excluding carboxylic acids is 1. The van der Waals surface area contributed by atoms with Crippen LogP contribution in [0.4, 0.5) is 11.5 Å². The van der Waals surface area contributed by atoms with Crippen molar-refractivity contribution in [1.29, 1.82) is 0 Å². The Morgan fingerprint density at radius 1 is 1.10 bits per heavy atom. The number of nitrogens with one attached hydrogen (secondary N) is 1. The molecular weight excluding hydrogens is 368 g/mol. The smallest absolute Gasteiger partial charge is 0.258 e. The van der Waals surface area contributed by atoms with E-state index in [9.17, 15) is 4.79 Å². The van der Waals surface area contributed by atoms with Crippen LogP contribution in [-0.4, -0.2) is 51.6 Å². The van der Waals surface area contributed by atoms with Gasteiger partial charge >= 0.3 is 0 Å². The monoisotopic (exact) mass is 388 g/mol. The van der Waals surface area contributed by atoms with E-state index in [1.54, 1.807) is 18.6 Å². The predicted molar refractivity (Wildman–Crippen MR) is 110 cm³/mol. The van der Waals surface area contributed by atoms with Gasteiger partial charge in [-0.2, -0.15) is 0 Å². The van der Waals surface area contributed by atoms with Gasteiger partial charge in [-0.05, 0) is 31.2 Å². The molecule has 0 spiro atoms. The molecule has 4 aromatic rings. The lowest BCUT2D eigenvalue weighted by molar-refractivity contribution is 0.102. The van der Waals surface area contributed by atoms with Crippen LogP contribution in [0.1, 0.15) is 16.1 Å². The molecule has 1 aliphatic rings. The number of pyridine rings is 2. The second-order valence-electron chi connectivity index (χ2n) is 6.92. The van der Waals surface area contributed by atoms with Gasteiger partial charge in [0.2, 0.25) is 0 Å². The summed E-state index contributed by atoms with van der Waals surface area (Å²) in [6.45, 7) is 4.58. The van der Waals surface area contributed by atoms with Crippen molar-refractivity contribution in [3.63, 3.8) is 0 Å². The molecule has 0 bridgehead atoms. The Hall–Kier alpha value is -3.52. The van der Waals surface area contributed by atoms with E-state index in [1.807, 2.05) is 41.8 Å². The van der Waals surface area contributed by atoms with Crippen LogP contribution >= 0.6 is 0 Å². The molecule has 146 valence electrons. The quantitative estimate of drug-likeness (QED) is 0.581. The van der Waals surface area contributed by atoms with Crippen molar-refractivity contribution < 1.29 is 9.53 Å². The molecular formula is C21H20N6O2. The molecule has 1 aliphatic heterocycles. The first-order valence-electron chi connectivity index (χ1n) is 9.53. The van der Waals surface area contributed by atoms with Gasteiger partial charge in [-0.3, -0.25) is 9.78 Å². The van der Waals surface area contributed by atoms with Crippen LogP contribution in [0.25, 0.3) is 16.6 Å². The predicted octanol–water partition coefficient (Wildman–Crippen LogP) is 2.67. The van der Waals surface area contributed by atoms with Gasteiger partial charge in [-0.15, -0.1) is 0 Å². The van der Waals surface area contributed by atoms with Gasteiger partial charge in [0.25, 0.3) is 5.91 Å². The van der Waals surface area contributed by atoms with E-state index < -0.39 is 0 Å². The van der Waals surface area contributed by atoms with Crippen LogP contribution in [0.15, 0.2) is 49.1 Å². The maximum Gasteiger partial charge on any atom is 0.258 e. The Labute approximate surface area is 167 Å². The Morgan fingerprint density at radius 3 is 2.79 bits per heavy atom. The number of amides is 1. The van der Waals surface area contributed by atoms with Gasteiger partial charge in [0.1, 0.15) is 12.1 Å². The molecule has 1 saturated heterocycles. The van der Waals surface area contributed by atoms with Gasteiger partial charge < -0.3 is 19.4 Å². The Morgan fingerprint density at radius 2 is 1.97 bits per heavy atom. The third kappa shape index (κ3) is 2.98. The van der Waals surface area contributed by atoms with Crippen LogP contribution in [0.2, 0.25) is 0 Å². The summed E-state index contributed by atoms with van der Waals surface area (Å²) in [5.74, 6) is 0.555. The summed E-state index contributed by atoms with van der Waals surface area (Å²) < 4.78 is 7.42. The molecule has 0 aromatic carbocycles. The highest BCUT2D eigenvalue weighted by Gasteiger charge is 2.26. The molecule has 8 heteroatoms. The molecule has 5 rings (SSSR count). The van der Waals surface area contributed by atoms with Crippen molar-refractivity contribution in [2.45, 2.75) is 6.92 Å². The van der Waals surface area contributed by atoms with Crippen molar-refractivity contribution in [3.8, 4) is 0 Å². The molecule has 29 heavy (non-hydrogen) atoms. The van der Waals surface area contributed by atoms with E-state index in [2.05, 4.69) is 25.2 Å². The van der Waals surface area contributed by atoms with Gasteiger partial charge in [0.15, 0.2) is 5.65 Å². The lowest BCUT2D eigenvalue weighted by Crippen LogP contribution is -2.37. The zero-order chi connectivity index (χ0) is 19.8. The topological polar surface area (TPSA) is 84.7 Å². The first-order valence-corrected chi connectivity index (χ1v) is 9.53. The lowest BCUT2D eigenvalue weighted by Gasteiger charge is -2.28. The number of anilines is 2. The molecule has 0 atom stereocenters. The van der Waals surface area contributed by atoms with Crippen LogP contribution in [0, 0.1) is 6.92 Å². The summed E-state index contributed by atoms with van der Waals surface area (Å²) in [6, 6.07) is 9.43. The molecule has 1 fully saturated rings. The molecule has 8 nitrogen and oxygen atoms in total. The average Bonchev–Trinajstić information content (AvgIpc) is 3.11. The highest BCUT2D eigenvalue weighted by Crippen LogP contribution is 2.33. The third-order valence-corrected chi connectivity index (χ3v) is 5.19. The molecule has 5 heterocycles. The first kappa shape index (κ1) is 17.6. The molecule has 4 aromatic heterocycles. The fourth-order valence-corrected chi connectivity index (χ4v) is 3.78. The van der Waals surface area contributed by atoms with Crippen molar-refractivity contribution in [1.82, 2.24) is 19.4 Å². The van der Waals surface area contributed by atoms with E-state index in [1.165, 1.54) is 0 Å². The fourth-order valence-electron chi connectivity index (χ4n) is 3.78. The lowest BCUT2D eigenvalue weighted by atomic mass is 10.1. The van der Waals surface area contributed by atoms with Crippen LogP contribution in [0.5, 0.6) is 0 Å². The normalized spacial score (nSPS) is 14.4.